The first-order valence-electron chi connectivity index (χ1n) is 10.2. The van der Waals surface area contributed by atoms with Gasteiger partial charge < -0.3 is 14.5 Å². The lowest BCUT2D eigenvalue weighted by Crippen LogP contribution is -2.34. The SMILES string of the molecule is CCCN(CC(=O)Nc1ccc(F)c(F)c1F)Cc1c(C(=O)OCC)oc2ccccc12. The van der Waals surface area contributed by atoms with E-state index in [1.165, 1.54) is 0 Å². The van der Waals surface area contributed by atoms with Crippen LogP contribution in [0.25, 0.3) is 11.0 Å². The fraction of sp³-hybridized carbons (Fsp3) is 0.304. The number of nitrogens with one attached hydrogen (secondary N) is 1. The largest absolute Gasteiger partial charge is 0.460 e. The number of rotatable bonds is 9. The van der Waals surface area contributed by atoms with Crippen LogP contribution in [-0.2, 0) is 16.1 Å². The maximum Gasteiger partial charge on any atom is 0.374 e. The average Bonchev–Trinajstić information content (AvgIpc) is 3.13. The van der Waals surface area contributed by atoms with Crippen LogP contribution in [0.15, 0.2) is 40.8 Å². The molecule has 6 nitrogen and oxygen atoms in total. The fourth-order valence-corrected chi connectivity index (χ4v) is 3.39. The minimum absolute atomic E-state index is 0.0567. The van der Waals surface area contributed by atoms with Gasteiger partial charge in [0, 0.05) is 17.5 Å². The third kappa shape index (κ3) is 5.11. The number of hydrogen-bond acceptors (Lipinski definition) is 5. The molecule has 2 aromatic carbocycles. The molecule has 1 heterocycles. The third-order valence-electron chi connectivity index (χ3n) is 4.76. The van der Waals surface area contributed by atoms with Crippen molar-refractivity contribution >= 4 is 28.5 Å². The molecule has 1 N–H and O–H groups in total. The topological polar surface area (TPSA) is 71.8 Å². The number of furan rings is 1. The molecule has 0 bridgehead atoms. The van der Waals surface area contributed by atoms with Crippen LogP contribution in [0.1, 0.15) is 36.4 Å². The van der Waals surface area contributed by atoms with Crippen molar-refractivity contribution in [3.63, 3.8) is 0 Å². The highest BCUT2D eigenvalue weighted by atomic mass is 19.2. The van der Waals surface area contributed by atoms with E-state index in [1.54, 1.807) is 36.1 Å². The number of esters is 1. The van der Waals surface area contributed by atoms with Crippen LogP contribution < -0.4 is 5.32 Å². The third-order valence-corrected chi connectivity index (χ3v) is 4.76. The van der Waals surface area contributed by atoms with Gasteiger partial charge in [0.1, 0.15) is 5.58 Å². The van der Waals surface area contributed by atoms with Gasteiger partial charge in [0.15, 0.2) is 17.5 Å². The van der Waals surface area contributed by atoms with Gasteiger partial charge >= 0.3 is 5.97 Å². The number of nitrogens with zero attached hydrogens (tertiary/aromatic N) is 1. The normalized spacial score (nSPS) is 11.2. The molecule has 0 radical (unpaired) electrons. The summed E-state index contributed by atoms with van der Waals surface area (Å²) < 4.78 is 51.3. The highest BCUT2D eigenvalue weighted by molar-refractivity contribution is 5.96. The van der Waals surface area contributed by atoms with Crippen molar-refractivity contribution in [1.29, 1.82) is 0 Å². The van der Waals surface area contributed by atoms with Gasteiger partial charge in [-0.05, 0) is 38.1 Å². The number of halogens is 3. The first kappa shape index (κ1) is 23.3. The van der Waals surface area contributed by atoms with Crippen LogP contribution in [0.2, 0.25) is 0 Å². The van der Waals surface area contributed by atoms with Crippen molar-refractivity contribution in [2.75, 3.05) is 25.0 Å². The highest BCUT2D eigenvalue weighted by Crippen LogP contribution is 2.28. The van der Waals surface area contributed by atoms with Gasteiger partial charge in [0.05, 0.1) is 18.8 Å². The Morgan fingerprint density at radius 1 is 1.06 bits per heavy atom. The summed E-state index contributed by atoms with van der Waals surface area (Å²) >= 11 is 0. The van der Waals surface area contributed by atoms with Crippen LogP contribution in [-0.4, -0.2) is 36.5 Å². The number of carbonyl (C=O) groups is 2. The predicted molar refractivity (Wildman–Crippen MR) is 113 cm³/mol. The van der Waals surface area contributed by atoms with Gasteiger partial charge in [-0.1, -0.05) is 25.1 Å². The molecule has 32 heavy (non-hydrogen) atoms. The lowest BCUT2D eigenvalue weighted by Gasteiger charge is -2.21. The smallest absolute Gasteiger partial charge is 0.374 e. The van der Waals surface area contributed by atoms with Gasteiger partial charge in [-0.2, -0.15) is 0 Å². The monoisotopic (exact) mass is 448 g/mol. The molecule has 0 aliphatic carbocycles. The molecule has 0 unspecified atom stereocenters. The molecule has 1 aromatic heterocycles. The summed E-state index contributed by atoms with van der Waals surface area (Å²) in [5.41, 5.74) is 0.626. The molecule has 1 amide bonds. The van der Waals surface area contributed by atoms with Crippen LogP contribution >= 0.6 is 0 Å². The Morgan fingerprint density at radius 2 is 1.81 bits per heavy atom. The fourth-order valence-electron chi connectivity index (χ4n) is 3.39. The molecular formula is C23H23F3N2O4. The molecule has 170 valence electrons. The lowest BCUT2D eigenvalue weighted by atomic mass is 10.1. The summed E-state index contributed by atoms with van der Waals surface area (Å²) in [7, 11) is 0. The number of ether oxygens (including phenoxy) is 1. The van der Waals surface area contributed by atoms with E-state index in [0.29, 0.717) is 29.5 Å². The molecule has 0 spiro atoms. The molecule has 0 fully saturated rings. The van der Waals surface area contributed by atoms with Crippen molar-refractivity contribution in [2.45, 2.75) is 26.8 Å². The minimum Gasteiger partial charge on any atom is -0.460 e. The number of amides is 1. The first-order valence-corrected chi connectivity index (χ1v) is 10.2. The van der Waals surface area contributed by atoms with Crippen LogP contribution in [0, 0.1) is 17.5 Å². The standard InChI is InChI=1S/C23H23F3N2O4/c1-3-11-28(13-19(29)27-17-10-9-16(24)20(25)21(17)26)12-15-14-7-5-6-8-18(14)32-22(15)23(30)31-4-2/h5-10H,3-4,11-13H2,1-2H3,(H,27,29). The van der Waals surface area contributed by atoms with Crippen LogP contribution in [0.4, 0.5) is 18.9 Å². The van der Waals surface area contributed by atoms with Gasteiger partial charge in [-0.15, -0.1) is 0 Å². The van der Waals surface area contributed by atoms with Gasteiger partial charge in [-0.3, -0.25) is 9.69 Å². The zero-order valence-corrected chi connectivity index (χ0v) is 17.7. The Hall–Kier alpha value is -3.33. The van der Waals surface area contributed by atoms with Crippen molar-refractivity contribution in [1.82, 2.24) is 4.90 Å². The summed E-state index contributed by atoms with van der Waals surface area (Å²) in [5, 5.41) is 2.98. The van der Waals surface area contributed by atoms with E-state index in [1.807, 2.05) is 6.92 Å². The minimum atomic E-state index is -1.66. The van der Waals surface area contributed by atoms with Gasteiger partial charge in [0.2, 0.25) is 11.7 Å². The average molecular weight is 448 g/mol. The van der Waals surface area contributed by atoms with Gasteiger partial charge in [0.25, 0.3) is 0 Å². The number of anilines is 1. The van der Waals surface area contributed by atoms with E-state index in [0.717, 1.165) is 12.1 Å². The van der Waals surface area contributed by atoms with E-state index in [4.69, 9.17) is 9.15 Å². The predicted octanol–water partition coefficient (Wildman–Crippen LogP) is 4.88. The quantitative estimate of drug-likeness (QED) is 0.373. The second kappa shape index (κ2) is 10.3. The molecule has 0 aliphatic rings. The zero-order valence-electron chi connectivity index (χ0n) is 17.7. The van der Waals surface area contributed by atoms with Crippen molar-refractivity contribution in [3.8, 4) is 0 Å². The zero-order chi connectivity index (χ0) is 23.3. The number of para-hydroxylation sites is 1. The summed E-state index contributed by atoms with van der Waals surface area (Å²) in [4.78, 5) is 26.7. The Balaban J connectivity index is 1.83. The summed E-state index contributed by atoms with van der Waals surface area (Å²) in [6, 6.07) is 8.80. The summed E-state index contributed by atoms with van der Waals surface area (Å²) in [6.45, 7) is 4.28. The summed E-state index contributed by atoms with van der Waals surface area (Å²) in [5.74, 6) is -5.63. The van der Waals surface area contributed by atoms with E-state index in [9.17, 15) is 22.8 Å². The number of carbonyl (C=O) groups excluding carboxylic acids is 2. The highest BCUT2D eigenvalue weighted by Gasteiger charge is 2.24. The van der Waals surface area contributed by atoms with Crippen molar-refractivity contribution < 1.29 is 31.9 Å². The molecule has 9 heteroatoms. The van der Waals surface area contributed by atoms with E-state index in [-0.39, 0.29) is 25.5 Å². The molecule has 0 atom stereocenters. The van der Waals surface area contributed by atoms with Crippen molar-refractivity contribution in [3.05, 3.63) is 65.2 Å². The van der Waals surface area contributed by atoms with Crippen LogP contribution in [0.3, 0.4) is 0 Å². The lowest BCUT2D eigenvalue weighted by molar-refractivity contribution is -0.117. The first-order chi connectivity index (χ1) is 15.3. The molecule has 0 saturated carbocycles. The number of hydrogen-bond donors (Lipinski definition) is 1. The second-order valence-electron chi connectivity index (χ2n) is 7.11. The molecule has 0 saturated heterocycles. The number of benzene rings is 2. The Kier molecular flexibility index (Phi) is 7.53. The summed E-state index contributed by atoms with van der Waals surface area (Å²) in [6.07, 6.45) is 0.692. The maximum atomic E-state index is 13.9. The molecule has 3 rings (SSSR count). The van der Waals surface area contributed by atoms with Crippen LogP contribution in [0.5, 0.6) is 0 Å². The van der Waals surface area contributed by atoms with E-state index < -0.39 is 35.0 Å². The van der Waals surface area contributed by atoms with Gasteiger partial charge in [-0.25, -0.2) is 18.0 Å². The van der Waals surface area contributed by atoms with E-state index >= 15 is 0 Å². The molecular weight excluding hydrogens is 425 g/mol. The molecule has 3 aromatic rings. The maximum absolute atomic E-state index is 13.9. The Bertz CT molecular complexity index is 1130. The Morgan fingerprint density at radius 3 is 2.53 bits per heavy atom. The molecule has 0 aliphatic heterocycles. The van der Waals surface area contributed by atoms with Crippen molar-refractivity contribution in [2.24, 2.45) is 0 Å². The second-order valence-corrected chi connectivity index (χ2v) is 7.11. The number of fused-ring (bicyclic) bond motifs is 1. The van der Waals surface area contributed by atoms with E-state index in [2.05, 4.69) is 5.32 Å². The Labute approximate surface area is 182 Å².